The monoisotopic (exact) mass is 190 g/mol. The Balaban J connectivity index is 0. The van der Waals surface area contributed by atoms with E-state index in [9.17, 15) is 0 Å². The van der Waals surface area contributed by atoms with E-state index in [1.54, 1.807) is 0 Å². The zero-order chi connectivity index (χ0) is 10.9. The lowest BCUT2D eigenvalue weighted by atomic mass is 10.2. The Bertz CT molecular complexity index is 107. The molecule has 0 aromatic carbocycles. The Morgan fingerprint density at radius 1 is 1.15 bits per heavy atom. The number of carboxylic acids is 1. The summed E-state index contributed by atoms with van der Waals surface area (Å²) in [4.78, 5) is 9.00. The van der Waals surface area contributed by atoms with Crippen LogP contribution in [0.25, 0.3) is 0 Å². The average Bonchev–Trinajstić information content (AvgIpc) is 1.83. The maximum Gasteiger partial charge on any atom is 0.300 e. The van der Waals surface area contributed by atoms with Crippen molar-refractivity contribution in [1.82, 2.24) is 0 Å². The van der Waals surface area contributed by atoms with Gasteiger partial charge in [0.15, 0.2) is 0 Å². The van der Waals surface area contributed by atoms with Crippen molar-refractivity contribution in [2.75, 3.05) is 13.2 Å². The largest absolute Gasteiger partial charge is 0.481 e. The van der Waals surface area contributed by atoms with Crippen molar-refractivity contribution in [3.63, 3.8) is 0 Å². The van der Waals surface area contributed by atoms with Crippen molar-refractivity contribution in [3.05, 3.63) is 0 Å². The molecule has 0 heterocycles. The van der Waals surface area contributed by atoms with E-state index in [0.29, 0.717) is 11.8 Å². The molecule has 0 saturated heterocycles. The number of aliphatic carboxylic acids is 1. The van der Waals surface area contributed by atoms with Crippen LogP contribution in [0.5, 0.6) is 0 Å². The molecule has 0 rings (SSSR count). The van der Waals surface area contributed by atoms with Gasteiger partial charge in [0, 0.05) is 20.1 Å². The summed E-state index contributed by atoms with van der Waals surface area (Å²) < 4.78 is 5.36. The molecule has 0 saturated carbocycles. The summed E-state index contributed by atoms with van der Waals surface area (Å²) in [5.41, 5.74) is 0. The van der Waals surface area contributed by atoms with Gasteiger partial charge in [-0.1, -0.05) is 27.7 Å². The van der Waals surface area contributed by atoms with E-state index in [-0.39, 0.29) is 0 Å². The number of rotatable bonds is 4. The lowest BCUT2D eigenvalue weighted by Crippen LogP contribution is -2.06. The first-order valence-electron chi connectivity index (χ1n) is 4.63. The van der Waals surface area contributed by atoms with Gasteiger partial charge in [0.25, 0.3) is 5.97 Å². The molecule has 1 N–H and O–H groups in total. The average molecular weight is 190 g/mol. The fraction of sp³-hybridized carbons (Fsp3) is 0.900. The molecule has 0 aliphatic carbocycles. The molecule has 0 spiro atoms. The van der Waals surface area contributed by atoms with Crippen molar-refractivity contribution in [2.45, 2.75) is 34.6 Å². The number of carbonyl (C=O) groups is 1. The number of carboxylic acid groups (broad SMARTS) is 1. The standard InChI is InChI=1S/C8H18O.C2H4O2/c1-7(2)5-9-6-8(3)4;1-2(3)4/h7-8H,5-6H2,1-4H3;1H3,(H,3,4). The molecule has 3 nitrogen and oxygen atoms in total. The molecule has 0 aromatic rings. The van der Waals surface area contributed by atoms with Gasteiger partial charge in [-0.05, 0) is 11.8 Å². The van der Waals surface area contributed by atoms with E-state index in [2.05, 4.69) is 27.7 Å². The highest BCUT2D eigenvalue weighted by Crippen LogP contribution is 1.96. The third-order valence-electron chi connectivity index (χ3n) is 0.902. The van der Waals surface area contributed by atoms with Gasteiger partial charge in [-0.25, -0.2) is 0 Å². The van der Waals surface area contributed by atoms with Gasteiger partial charge in [-0.15, -0.1) is 0 Å². The fourth-order valence-corrected chi connectivity index (χ4v) is 0.539. The highest BCUT2D eigenvalue weighted by Gasteiger charge is 1.95. The molecule has 0 bridgehead atoms. The van der Waals surface area contributed by atoms with E-state index in [0.717, 1.165) is 20.1 Å². The minimum absolute atomic E-state index is 0.670. The van der Waals surface area contributed by atoms with Gasteiger partial charge < -0.3 is 9.84 Å². The lowest BCUT2D eigenvalue weighted by Gasteiger charge is -2.07. The van der Waals surface area contributed by atoms with Crippen LogP contribution < -0.4 is 0 Å². The van der Waals surface area contributed by atoms with Crippen molar-refractivity contribution in [3.8, 4) is 0 Å². The maximum absolute atomic E-state index is 9.00. The molecule has 0 aliphatic heterocycles. The van der Waals surface area contributed by atoms with Crippen LogP contribution in [-0.2, 0) is 9.53 Å². The zero-order valence-electron chi connectivity index (χ0n) is 9.33. The fourth-order valence-electron chi connectivity index (χ4n) is 0.539. The van der Waals surface area contributed by atoms with Gasteiger partial charge in [0.1, 0.15) is 0 Å². The van der Waals surface area contributed by atoms with E-state index >= 15 is 0 Å². The predicted octanol–water partition coefficient (Wildman–Crippen LogP) is 2.41. The summed E-state index contributed by atoms with van der Waals surface area (Å²) in [5, 5.41) is 7.42. The predicted molar refractivity (Wildman–Crippen MR) is 53.8 cm³/mol. The van der Waals surface area contributed by atoms with Gasteiger partial charge >= 0.3 is 0 Å². The number of hydrogen-bond acceptors (Lipinski definition) is 2. The molecule has 0 unspecified atom stereocenters. The first kappa shape index (κ1) is 14.9. The smallest absolute Gasteiger partial charge is 0.300 e. The topological polar surface area (TPSA) is 46.5 Å². The van der Waals surface area contributed by atoms with Gasteiger partial charge in [-0.2, -0.15) is 0 Å². The minimum Gasteiger partial charge on any atom is -0.481 e. The summed E-state index contributed by atoms with van der Waals surface area (Å²) in [6.07, 6.45) is 0. The molecular formula is C10H22O3. The second kappa shape index (κ2) is 9.52. The molecule has 3 heteroatoms. The normalized spacial score (nSPS) is 9.77. The Morgan fingerprint density at radius 3 is 1.54 bits per heavy atom. The molecule has 0 aromatic heterocycles. The van der Waals surface area contributed by atoms with Crippen LogP contribution >= 0.6 is 0 Å². The van der Waals surface area contributed by atoms with E-state index in [4.69, 9.17) is 14.6 Å². The molecule has 0 amide bonds. The van der Waals surface area contributed by atoms with E-state index < -0.39 is 5.97 Å². The lowest BCUT2D eigenvalue weighted by molar-refractivity contribution is -0.134. The van der Waals surface area contributed by atoms with Gasteiger partial charge in [0.05, 0.1) is 0 Å². The van der Waals surface area contributed by atoms with E-state index in [1.807, 2.05) is 0 Å². The molecule has 0 fully saturated rings. The number of hydrogen-bond donors (Lipinski definition) is 1. The molecule has 80 valence electrons. The van der Waals surface area contributed by atoms with Crippen LogP contribution in [0, 0.1) is 11.8 Å². The van der Waals surface area contributed by atoms with Crippen LogP contribution in [0.1, 0.15) is 34.6 Å². The van der Waals surface area contributed by atoms with Crippen LogP contribution in [-0.4, -0.2) is 24.3 Å². The highest BCUT2D eigenvalue weighted by molar-refractivity contribution is 5.62. The summed E-state index contributed by atoms with van der Waals surface area (Å²) in [6, 6.07) is 0. The van der Waals surface area contributed by atoms with Crippen molar-refractivity contribution in [2.24, 2.45) is 11.8 Å². The van der Waals surface area contributed by atoms with Crippen LogP contribution in [0.2, 0.25) is 0 Å². The van der Waals surface area contributed by atoms with Crippen molar-refractivity contribution < 1.29 is 14.6 Å². The van der Waals surface area contributed by atoms with Gasteiger partial charge in [-0.3, -0.25) is 4.79 Å². The van der Waals surface area contributed by atoms with Crippen LogP contribution in [0.4, 0.5) is 0 Å². The zero-order valence-corrected chi connectivity index (χ0v) is 9.33. The summed E-state index contributed by atoms with van der Waals surface area (Å²) >= 11 is 0. The molecule has 0 atom stereocenters. The Morgan fingerprint density at radius 2 is 1.38 bits per heavy atom. The first-order chi connectivity index (χ1) is 5.86. The third kappa shape index (κ3) is 34.5. The highest BCUT2D eigenvalue weighted by atomic mass is 16.5. The number of ether oxygens (including phenoxy) is 1. The summed E-state index contributed by atoms with van der Waals surface area (Å²) in [7, 11) is 0. The molecule has 0 radical (unpaired) electrons. The second-order valence-corrected chi connectivity index (χ2v) is 3.84. The maximum atomic E-state index is 9.00. The van der Waals surface area contributed by atoms with E-state index in [1.165, 1.54) is 0 Å². The Hall–Kier alpha value is -0.570. The van der Waals surface area contributed by atoms with Crippen molar-refractivity contribution >= 4 is 5.97 Å². The third-order valence-corrected chi connectivity index (χ3v) is 0.902. The Labute approximate surface area is 81.1 Å². The second-order valence-electron chi connectivity index (χ2n) is 3.84. The summed E-state index contributed by atoms with van der Waals surface area (Å²) in [6.45, 7) is 11.6. The Kier molecular flexibility index (Phi) is 10.9. The molecule has 0 aliphatic rings. The van der Waals surface area contributed by atoms with Crippen molar-refractivity contribution in [1.29, 1.82) is 0 Å². The quantitative estimate of drug-likeness (QED) is 0.740. The SMILES string of the molecule is CC(=O)O.CC(C)COCC(C)C. The molecular weight excluding hydrogens is 168 g/mol. The molecule has 13 heavy (non-hydrogen) atoms. The first-order valence-corrected chi connectivity index (χ1v) is 4.63. The van der Waals surface area contributed by atoms with Crippen LogP contribution in [0.15, 0.2) is 0 Å². The summed E-state index contributed by atoms with van der Waals surface area (Å²) in [5.74, 6) is 0.507. The minimum atomic E-state index is -0.833. The van der Waals surface area contributed by atoms with Gasteiger partial charge in [0.2, 0.25) is 0 Å². The van der Waals surface area contributed by atoms with Crippen LogP contribution in [0.3, 0.4) is 0 Å².